The molecular weight excluding hydrogens is 561 g/mol. The molecule has 0 saturated carbocycles. The van der Waals surface area contributed by atoms with Crippen LogP contribution in [-0.4, -0.2) is 45.9 Å². The molecule has 2 heterocycles. The van der Waals surface area contributed by atoms with Crippen molar-refractivity contribution in [1.82, 2.24) is 0 Å². The monoisotopic (exact) mass is 610 g/mol. The molecule has 2 fully saturated rings. The zero-order valence-corrected chi connectivity index (χ0v) is 27.9. The lowest BCUT2D eigenvalue weighted by Gasteiger charge is -2.43. The Kier molecular flexibility index (Phi) is 11.1. The summed E-state index contributed by atoms with van der Waals surface area (Å²) >= 11 is 0. The SMILES string of the molecule is C=C1C[C@@H](CCO[Si](c2ccccc2)(c2ccccc2)C(C)(C)C)O[C@@H](C[C@@H]2CC(=C)C[C@H](COCc3ccccc3)O2)C1. The van der Waals surface area contributed by atoms with Crippen LogP contribution in [-0.2, 0) is 25.2 Å². The fourth-order valence-corrected chi connectivity index (χ4v) is 11.6. The van der Waals surface area contributed by atoms with Crippen LogP contribution in [0.2, 0.25) is 5.04 Å². The molecule has 0 amide bonds. The van der Waals surface area contributed by atoms with E-state index in [1.54, 1.807) is 0 Å². The van der Waals surface area contributed by atoms with E-state index in [9.17, 15) is 0 Å². The van der Waals surface area contributed by atoms with Gasteiger partial charge in [0.2, 0.25) is 0 Å². The molecule has 3 aromatic carbocycles. The van der Waals surface area contributed by atoms with Crippen LogP contribution >= 0.6 is 0 Å². The van der Waals surface area contributed by atoms with Gasteiger partial charge in [0, 0.05) is 13.0 Å². The Morgan fingerprint density at radius 2 is 1.16 bits per heavy atom. The second-order valence-corrected chi connectivity index (χ2v) is 17.9. The highest BCUT2D eigenvalue weighted by molar-refractivity contribution is 6.99. The first-order valence-electron chi connectivity index (χ1n) is 16.2. The number of benzene rings is 3. The second-order valence-electron chi connectivity index (χ2n) is 13.6. The molecule has 234 valence electrons. The average Bonchev–Trinajstić information content (AvgIpc) is 3.00. The van der Waals surface area contributed by atoms with E-state index in [1.807, 2.05) is 18.2 Å². The lowest BCUT2D eigenvalue weighted by molar-refractivity contribution is -0.109. The van der Waals surface area contributed by atoms with Gasteiger partial charge in [-0.3, -0.25) is 0 Å². The normalized spacial score (nSPS) is 23.1. The van der Waals surface area contributed by atoms with Crippen molar-refractivity contribution in [1.29, 1.82) is 0 Å². The molecule has 0 N–H and O–H groups in total. The summed E-state index contributed by atoms with van der Waals surface area (Å²) < 4.78 is 26.4. The average molecular weight is 611 g/mol. The molecule has 0 unspecified atom stereocenters. The molecule has 0 radical (unpaired) electrons. The van der Waals surface area contributed by atoms with Gasteiger partial charge >= 0.3 is 0 Å². The lowest BCUT2D eigenvalue weighted by atomic mass is 9.91. The molecule has 0 aliphatic carbocycles. The molecule has 0 bridgehead atoms. The first-order chi connectivity index (χ1) is 21.2. The van der Waals surface area contributed by atoms with Gasteiger partial charge in [-0.25, -0.2) is 0 Å². The van der Waals surface area contributed by atoms with Crippen molar-refractivity contribution in [3.8, 4) is 0 Å². The zero-order chi connectivity index (χ0) is 31.0. The maximum absolute atomic E-state index is 7.17. The number of rotatable bonds is 12. The minimum absolute atomic E-state index is 0.0346. The van der Waals surface area contributed by atoms with Crippen LogP contribution in [0.15, 0.2) is 115 Å². The van der Waals surface area contributed by atoms with Gasteiger partial charge in [-0.2, -0.15) is 0 Å². The summed E-state index contributed by atoms with van der Waals surface area (Å²) in [6.07, 6.45) is 5.50. The van der Waals surface area contributed by atoms with Gasteiger partial charge in [-0.15, -0.1) is 0 Å². The van der Waals surface area contributed by atoms with Gasteiger partial charge in [-0.1, -0.05) is 136 Å². The highest BCUT2D eigenvalue weighted by Crippen LogP contribution is 2.38. The van der Waals surface area contributed by atoms with E-state index in [2.05, 4.69) is 107 Å². The van der Waals surface area contributed by atoms with Crippen molar-refractivity contribution in [3.63, 3.8) is 0 Å². The quantitative estimate of drug-likeness (QED) is 0.155. The Morgan fingerprint density at radius 3 is 1.70 bits per heavy atom. The summed E-state index contributed by atoms with van der Waals surface area (Å²) in [5.74, 6) is 0. The lowest BCUT2D eigenvalue weighted by Crippen LogP contribution is -2.66. The summed E-state index contributed by atoms with van der Waals surface area (Å²) in [6, 6.07) is 32.0. The van der Waals surface area contributed by atoms with E-state index >= 15 is 0 Å². The van der Waals surface area contributed by atoms with Crippen molar-refractivity contribution < 1.29 is 18.6 Å². The highest BCUT2D eigenvalue weighted by atomic mass is 28.4. The molecule has 2 saturated heterocycles. The maximum Gasteiger partial charge on any atom is 0.261 e. The van der Waals surface area contributed by atoms with Crippen LogP contribution in [0.4, 0.5) is 0 Å². The molecule has 44 heavy (non-hydrogen) atoms. The Balaban J connectivity index is 1.19. The Morgan fingerprint density at radius 1 is 0.682 bits per heavy atom. The van der Waals surface area contributed by atoms with E-state index in [1.165, 1.54) is 27.1 Å². The summed E-state index contributed by atoms with van der Waals surface area (Å²) in [4.78, 5) is 0. The number of hydrogen-bond acceptors (Lipinski definition) is 4. The summed E-state index contributed by atoms with van der Waals surface area (Å²) in [5, 5.41) is 2.57. The predicted molar refractivity (Wildman–Crippen MR) is 183 cm³/mol. The van der Waals surface area contributed by atoms with Crippen LogP contribution in [0.1, 0.15) is 64.9 Å². The third kappa shape index (κ3) is 8.26. The van der Waals surface area contributed by atoms with Crippen LogP contribution < -0.4 is 10.4 Å². The van der Waals surface area contributed by atoms with Crippen LogP contribution in [0.3, 0.4) is 0 Å². The molecule has 3 aromatic rings. The fraction of sp³-hybridized carbons (Fsp3) is 0.436. The molecule has 5 rings (SSSR count). The van der Waals surface area contributed by atoms with Gasteiger partial charge in [0.25, 0.3) is 8.32 Å². The topological polar surface area (TPSA) is 36.9 Å². The van der Waals surface area contributed by atoms with E-state index in [0.29, 0.717) is 19.8 Å². The van der Waals surface area contributed by atoms with Gasteiger partial charge in [-0.05, 0) is 53.1 Å². The summed E-state index contributed by atoms with van der Waals surface area (Å²) in [6.45, 7) is 17.5. The van der Waals surface area contributed by atoms with E-state index in [4.69, 9.17) is 18.6 Å². The molecule has 0 spiro atoms. The minimum atomic E-state index is -2.57. The van der Waals surface area contributed by atoms with E-state index in [0.717, 1.165) is 38.5 Å². The third-order valence-corrected chi connectivity index (χ3v) is 14.0. The second kappa shape index (κ2) is 15.0. The third-order valence-electron chi connectivity index (χ3n) is 8.95. The first-order valence-corrected chi connectivity index (χ1v) is 18.1. The van der Waals surface area contributed by atoms with Gasteiger partial charge in [0.05, 0.1) is 37.6 Å². The van der Waals surface area contributed by atoms with Crippen LogP contribution in [0, 0.1) is 0 Å². The largest absolute Gasteiger partial charge is 0.407 e. The van der Waals surface area contributed by atoms with Crippen molar-refractivity contribution in [2.75, 3.05) is 13.2 Å². The van der Waals surface area contributed by atoms with Gasteiger partial charge in [0.1, 0.15) is 0 Å². The van der Waals surface area contributed by atoms with Crippen molar-refractivity contribution in [2.45, 2.75) is 95.4 Å². The fourth-order valence-electron chi connectivity index (χ4n) is 7.02. The smallest absolute Gasteiger partial charge is 0.261 e. The zero-order valence-electron chi connectivity index (χ0n) is 26.9. The summed E-state index contributed by atoms with van der Waals surface area (Å²) in [7, 11) is -2.57. The van der Waals surface area contributed by atoms with Gasteiger partial charge < -0.3 is 18.6 Å². The minimum Gasteiger partial charge on any atom is -0.407 e. The van der Waals surface area contributed by atoms with Crippen LogP contribution in [0.5, 0.6) is 0 Å². The van der Waals surface area contributed by atoms with Crippen molar-refractivity contribution in [3.05, 3.63) is 121 Å². The molecule has 5 heteroatoms. The standard InChI is InChI=1S/C39H50O4Si/c1-30-23-33(21-22-41-44(39(3,4)5,37-17-11-7-12-18-37)38-19-13-8-14-20-38)42-34(24-30)27-35-25-31(2)26-36(43-35)29-40-28-32-15-9-6-10-16-32/h6-20,33-36H,1-2,21-29H2,3-5H3/t33-,34-,35+,36-/m1/s1. The number of hydrogen-bond donors (Lipinski definition) is 0. The molecule has 2 aliphatic heterocycles. The maximum atomic E-state index is 7.17. The molecule has 0 aromatic heterocycles. The summed E-state index contributed by atoms with van der Waals surface area (Å²) in [5.41, 5.74) is 3.67. The molecule has 4 atom stereocenters. The molecular formula is C39H50O4Si. The first kappa shape index (κ1) is 32.6. The van der Waals surface area contributed by atoms with Crippen LogP contribution in [0.25, 0.3) is 0 Å². The predicted octanol–water partition coefficient (Wildman–Crippen LogP) is 7.77. The van der Waals surface area contributed by atoms with Crippen molar-refractivity contribution in [2.24, 2.45) is 0 Å². The van der Waals surface area contributed by atoms with Gasteiger partial charge in [0.15, 0.2) is 0 Å². The molecule has 2 aliphatic rings. The molecule has 4 nitrogen and oxygen atoms in total. The Hall–Kier alpha value is -2.80. The Labute approximate surface area is 266 Å². The number of ether oxygens (including phenoxy) is 3. The Bertz CT molecular complexity index is 1300. The highest BCUT2D eigenvalue weighted by Gasteiger charge is 2.50. The van der Waals surface area contributed by atoms with E-state index < -0.39 is 8.32 Å². The van der Waals surface area contributed by atoms with E-state index in [-0.39, 0.29) is 29.5 Å². The van der Waals surface area contributed by atoms with Crippen molar-refractivity contribution >= 4 is 18.7 Å².